The number of benzene rings is 1. The van der Waals surface area contributed by atoms with Gasteiger partial charge in [0.15, 0.2) is 0 Å². The second-order valence-corrected chi connectivity index (χ2v) is 6.55. The molecule has 5 heteroatoms. The van der Waals surface area contributed by atoms with Crippen LogP contribution in [0.15, 0.2) is 41.1 Å². The molecule has 1 aliphatic heterocycles. The van der Waals surface area contributed by atoms with Crippen LogP contribution in [0.4, 0.5) is 0 Å². The Bertz CT molecular complexity index is 836. The summed E-state index contributed by atoms with van der Waals surface area (Å²) < 4.78 is 13.6. The van der Waals surface area contributed by atoms with Gasteiger partial charge < -0.3 is 14.5 Å². The van der Waals surface area contributed by atoms with Crippen molar-refractivity contribution < 1.29 is 9.15 Å². The molecule has 1 aliphatic rings. The summed E-state index contributed by atoms with van der Waals surface area (Å²) in [7, 11) is 1.94. The first-order valence-electron chi connectivity index (χ1n) is 8.50. The molecular formula is C19H23N3O2. The van der Waals surface area contributed by atoms with Crippen molar-refractivity contribution in [2.75, 3.05) is 13.2 Å². The zero-order valence-electron chi connectivity index (χ0n) is 14.2. The van der Waals surface area contributed by atoms with E-state index in [1.165, 1.54) is 16.5 Å². The molecule has 2 aromatic heterocycles. The van der Waals surface area contributed by atoms with Gasteiger partial charge in [0, 0.05) is 55.4 Å². The third-order valence-electron chi connectivity index (χ3n) is 4.88. The number of nitrogens with zero attached hydrogens (tertiary/aromatic N) is 2. The van der Waals surface area contributed by atoms with Gasteiger partial charge in [-0.2, -0.15) is 5.10 Å². The summed E-state index contributed by atoms with van der Waals surface area (Å²) in [5.41, 5.74) is 3.39. The molecule has 0 spiro atoms. The van der Waals surface area contributed by atoms with Crippen molar-refractivity contribution in [3.63, 3.8) is 0 Å². The highest BCUT2D eigenvalue weighted by Crippen LogP contribution is 2.34. The predicted molar refractivity (Wildman–Crippen MR) is 92.7 cm³/mol. The van der Waals surface area contributed by atoms with Gasteiger partial charge in [-0.05, 0) is 19.4 Å². The van der Waals surface area contributed by atoms with E-state index in [2.05, 4.69) is 28.7 Å². The molecule has 126 valence electrons. The quantitative estimate of drug-likeness (QED) is 0.782. The van der Waals surface area contributed by atoms with Gasteiger partial charge in [-0.1, -0.05) is 18.2 Å². The number of fused-ring (bicyclic) bond motifs is 1. The van der Waals surface area contributed by atoms with Gasteiger partial charge >= 0.3 is 0 Å². The van der Waals surface area contributed by atoms with Gasteiger partial charge in [-0.3, -0.25) is 4.68 Å². The molecule has 4 rings (SSSR count). The molecule has 0 unspecified atom stereocenters. The van der Waals surface area contributed by atoms with E-state index in [0.717, 1.165) is 37.5 Å². The SMILES string of the molecule is Cc1oc2ccccc2c1CNC[C@H]1CCO[C@@H]1c1cnn(C)c1. The zero-order valence-corrected chi connectivity index (χ0v) is 14.2. The van der Waals surface area contributed by atoms with Crippen LogP contribution in [0.3, 0.4) is 0 Å². The van der Waals surface area contributed by atoms with E-state index in [-0.39, 0.29) is 6.10 Å². The summed E-state index contributed by atoms with van der Waals surface area (Å²) in [4.78, 5) is 0. The van der Waals surface area contributed by atoms with Crippen LogP contribution in [-0.2, 0) is 18.3 Å². The third-order valence-corrected chi connectivity index (χ3v) is 4.88. The molecule has 2 atom stereocenters. The maximum atomic E-state index is 5.93. The molecule has 5 nitrogen and oxygen atoms in total. The Morgan fingerprint density at radius 3 is 3.04 bits per heavy atom. The van der Waals surface area contributed by atoms with E-state index >= 15 is 0 Å². The summed E-state index contributed by atoms with van der Waals surface area (Å²) in [6, 6.07) is 8.22. The molecule has 0 radical (unpaired) electrons. The fourth-order valence-electron chi connectivity index (χ4n) is 3.62. The molecule has 1 N–H and O–H groups in total. The van der Waals surface area contributed by atoms with E-state index in [1.54, 1.807) is 0 Å². The minimum atomic E-state index is 0.147. The van der Waals surface area contributed by atoms with E-state index in [1.807, 2.05) is 37.0 Å². The standard InChI is InChI=1S/C19H23N3O2/c1-13-17(16-5-3-4-6-18(16)24-13)11-20-9-14-7-8-23-19(14)15-10-21-22(2)12-15/h3-6,10,12,14,19-20H,7-9,11H2,1-2H3/t14-,19+/m1/s1. The zero-order chi connectivity index (χ0) is 16.5. The topological polar surface area (TPSA) is 52.2 Å². The lowest BCUT2D eigenvalue weighted by Crippen LogP contribution is -2.24. The lowest BCUT2D eigenvalue weighted by Gasteiger charge is -2.17. The summed E-state index contributed by atoms with van der Waals surface area (Å²) in [6.45, 7) is 4.60. The largest absolute Gasteiger partial charge is 0.461 e. The van der Waals surface area contributed by atoms with Crippen LogP contribution >= 0.6 is 0 Å². The highest BCUT2D eigenvalue weighted by atomic mass is 16.5. The maximum absolute atomic E-state index is 5.93. The van der Waals surface area contributed by atoms with Crippen LogP contribution in [0.25, 0.3) is 11.0 Å². The van der Waals surface area contributed by atoms with Crippen LogP contribution in [0.1, 0.15) is 29.4 Å². The number of para-hydroxylation sites is 1. The van der Waals surface area contributed by atoms with Gasteiger partial charge in [-0.25, -0.2) is 0 Å². The fourth-order valence-corrected chi connectivity index (χ4v) is 3.62. The number of hydrogen-bond donors (Lipinski definition) is 1. The summed E-state index contributed by atoms with van der Waals surface area (Å²) in [6.07, 6.45) is 5.19. The minimum absolute atomic E-state index is 0.147. The normalized spacial score (nSPS) is 20.9. The van der Waals surface area contributed by atoms with Gasteiger partial charge in [0.05, 0.1) is 12.3 Å². The van der Waals surface area contributed by atoms with Crippen molar-refractivity contribution >= 4 is 11.0 Å². The second-order valence-electron chi connectivity index (χ2n) is 6.55. The van der Waals surface area contributed by atoms with E-state index in [0.29, 0.717) is 5.92 Å². The summed E-state index contributed by atoms with van der Waals surface area (Å²) in [5.74, 6) is 1.47. The van der Waals surface area contributed by atoms with Crippen molar-refractivity contribution in [3.05, 3.63) is 53.5 Å². The molecule has 1 aromatic carbocycles. The molecule has 3 aromatic rings. The Kier molecular flexibility index (Phi) is 4.12. The minimum Gasteiger partial charge on any atom is -0.461 e. The number of hydrogen-bond acceptors (Lipinski definition) is 4. The molecule has 1 saturated heterocycles. The van der Waals surface area contributed by atoms with Crippen molar-refractivity contribution in [1.29, 1.82) is 0 Å². The Labute approximate surface area is 141 Å². The molecule has 1 fully saturated rings. The first-order chi connectivity index (χ1) is 11.7. The first kappa shape index (κ1) is 15.4. The third kappa shape index (κ3) is 2.85. The van der Waals surface area contributed by atoms with E-state index < -0.39 is 0 Å². The van der Waals surface area contributed by atoms with Gasteiger partial charge in [0.25, 0.3) is 0 Å². The number of rotatable bonds is 5. The number of aromatic nitrogens is 2. The number of aryl methyl sites for hydroxylation is 2. The van der Waals surface area contributed by atoms with Gasteiger partial charge in [0.1, 0.15) is 11.3 Å². The Morgan fingerprint density at radius 2 is 2.21 bits per heavy atom. The lowest BCUT2D eigenvalue weighted by molar-refractivity contribution is 0.0904. The molecule has 0 aliphatic carbocycles. The Morgan fingerprint density at radius 1 is 1.33 bits per heavy atom. The van der Waals surface area contributed by atoms with Crippen molar-refractivity contribution in [2.45, 2.75) is 26.0 Å². The second kappa shape index (κ2) is 6.42. The average molecular weight is 325 g/mol. The molecule has 24 heavy (non-hydrogen) atoms. The highest BCUT2D eigenvalue weighted by molar-refractivity contribution is 5.82. The first-order valence-corrected chi connectivity index (χ1v) is 8.50. The molecule has 0 saturated carbocycles. The number of ether oxygens (including phenoxy) is 1. The molecule has 0 bridgehead atoms. The van der Waals surface area contributed by atoms with Gasteiger partial charge in [-0.15, -0.1) is 0 Å². The van der Waals surface area contributed by atoms with Crippen LogP contribution in [0.5, 0.6) is 0 Å². The van der Waals surface area contributed by atoms with E-state index in [9.17, 15) is 0 Å². The smallest absolute Gasteiger partial charge is 0.134 e. The molecular weight excluding hydrogens is 302 g/mol. The monoisotopic (exact) mass is 325 g/mol. The van der Waals surface area contributed by atoms with Crippen LogP contribution in [0, 0.1) is 12.8 Å². The molecule has 0 amide bonds. The van der Waals surface area contributed by atoms with Crippen molar-refractivity contribution in [3.8, 4) is 0 Å². The fraction of sp³-hybridized carbons (Fsp3) is 0.421. The van der Waals surface area contributed by atoms with Gasteiger partial charge in [0.2, 0.25) is 0 Å². The Hall–Kier alpha value is -2.11. The molecule has 3 heterocycles. The highest BCUT2D eigenvalue weighted by Gasteiger charge is 2.30. The summed E-state index contributed by atoms with van der Waals surface area (Å²) in [5, 5.41) is 9.07. The number of nitrogens with one attached hydrogen (secondary N) is 1. The average Bonchev–Trinajstić information content (AvgIpc) is 3.27. The Balaban J connectivity index is 1.42. The maximum Gasteiger partial charge on any atom is 0.134 e. The predicted octanol–water partition coefficient (Wildman–Crippen LogP) is 3.34. The van der Waals surface area contributed by atoms with Crippen molar-refractivity contribution in [2.24, 2.45) is 13.0 Å². The van der Waals surface area contributed by atoms with Crippen LogP contribution in [0.2, 0.25) is 0 Å². The lowest BCUT2D eigenvalue weighted by atomic mass is 9.97. The number of furan rings is 1. The van der Waals surface area contributed by atoms with Crippen LogP contribution < -0.4 is 5.32 Å². The van der Waals surface area contributed by atoms with E-state index in [4.69, 9.17) is 9.15 Å². The van der Waals surface area contributed by atoms with Crippen LogP contribution in [-0.4, -0.2) is 22.9 Å². The van der Waals surface area contributed by atoms with Crippen molar-refractivity contribution in [1.82, 2.24) is 15.1 Å². The summed E-state index contributed by atoms with van der Waals surface area (Å²) >= 11 is 0.